The Hall–Kier alpha value is -1.29. The van der Waals surface area contributed by atoms with Crippen LogP contribution >= 0.6 is 11.3 Å². The van der Waals surface area contributed by atoms with Gasteiger partial charge < -0.3 is 9.64 Å². The van der Waals surface area contributed by atoms with E-state index in [-0.39, 0.29) is 6.09 Å². The van der Waals surface area contributed by atoms with Crippen LogP contribution in [-0.2, 0) is 4.74 Å². The Labute approximate surface area is 112 Å². The molecule has 0 unspecified atom stereocenters. The van der Waals surface area contributed by atoms with E-state index in [1.165, 1.54) is 16.0 Å². The van der Waals surface area contributed by atoms with Crippen molar-refractivity contribution in [1.82, 2.24) is 4.90 Å². The molecule has 98 valence electrons. The van der Waals surface area contributed by atoms with Gasteiger partial charge in [-0.05, 0) is 50.3 Å². The summed E-state index contributed by atoms with van der Waals surface area (Å²) in [4.78, 5) is 14.8. The van der Waals surface area contributed by atoms with Crippen LogP contribution in [0.1, 0.15) is 31.2 Å². The number of thiophene rings is 1. The Kier molecular flexibility index (Phi) is 3.48. The Morgan fingerprint density at radius 1 is 1.44 bits per heavy atom. The lowest BCUT2D eigenvalue weighted by Gasteiger charge is -2.35. The van der Waals surface area contributed by atoms with Gasteiger partial charge in [0.1, 0.15) is 5.60 Å². The van der Waals surface area contributed by atoms with Gasteiger partial charge in [0.25, 0.3) is 0 Å². The molecule has 1 saturated heterocycles. The predicted octanol–water partition coefficient (Wildman–Crippen LogP) is 3.69. The van der Waals surface area contributed by atoms with E-state index in [0.29, 0.717) is 13.1 Å². The number of amides is 1. The molecule has 0 spiro atoms. The van der Waals surface area contributed by atoms with Gasteiger partial charge in [0.2, 0.25) is 0 Å². The fourth-order valence-corrected chi connectivity index (χ4v) is 2.44. The van der Waals surface area contributed by atoms with Gasteiger partial charge in [-0.15, -0.1) is 11.3 Å². The second-order valence-corrected chi connectivity index (χ2v) is 6.69. The number of carbonyl (C=O) groups excluding carboxylic acids is 1. The van der Waals surface area contributed by atoms with Crippen molar-refractivity contribution in [3.63, 3.8) is 0 Å². The van der Waals surface area contributed by atoms with Crippen molar-refractivity contribution in [2.75, 3.05) is 13.1 Å². The normalized spacial score (nSPS) is 15.3. The first-order chi connectivity index (χ1) is 8.35. The zero-order valence-corrected chi connectivity index (χ0v) is 12.1. The van der Waals surface area contributed by atoms with Gasteiger partial charge in [0.05, 0.1) is 0 Å². The van der Waals surface area contributed by atoms with Crippen LogP contribution in [0.2, 0.25) is 0 Å². The molecular formula is C14H19NO2S. The molecular weight excluding hydrogens is 246 g/mol. The first kappa shape index (κ1) is 13.1. The van der Waals surface area contributed by atoms with Gasteiger partial charge in [-0.3, -0.25) is 0 Å². The second kappa shape index (κ2) is 4.76. The average molecular weight is 265 g/mol. The third kappa shape index (κ3) is 3.13. The molecule has 1 aliphatic heterocycles. The molecule has 2 rings (SSSR count). The van der Waals surface area contributed by atoms with Gasteiger partial charge in [-0.25, -0.2) is 4.79 Å². The van der Waals surface area contributed by atoms with Crippen molar-refractivity contribution >= 4 is 23.5 Å². The summed E-state index contributed by atoms with van der Waals surface area (Å²) in [6, 6.07) is 2.11. The summed E-state index contributed by atoms with van der Waals surface area (Å²) in [5, 5.41) is 2.09. The van der Waals surface area contributed by atoms with E-state index in [0.717, 1.165) is 0 Å². The molecule has 4 heteroatoms. The average Bonchev–Trinajstić information content (AvgIpc) is 2.54. The van der Waals surface area contributed by atoms with Crippen molar-refractivity contribution in [2.24, 2.45) is 0 Å². The lowest BCUT2D eigenvalue weighted by Crippen LogP contribution is -2.46. The Bertz CT molecular complexity index is 474. The fourth-order valence-electron chi connectivity index (χ4n) is 1.76. The lowest BCUT2D eigenvalue weighted by molar-refractivity contribution is 0.0216. The highest BCUT2D eigenvalue weighted by molar-refractivity contribution is 7.10. The molecule has 0 atom stereocenters. The monoisotopic (exact) mass is 265 g/mol. The van der Waals surface area contributed by atoms with E-state index in [4.69, 9.17) is 4.74 Å². The van der Waals surface area contributed by atoms with E-state index < -0.39 is 5.60 Å². The maximum Gasteiger partial charge on any atom is 0.410 e. The second-order valence-electron chi connectivity index (χ2n) is 5.57. The van der Waals surface area contributed by atoms with Gasteiger partial charge in [-0.1, -0.05) is 6.08 Å². The van der Waals surface area contributed by atoms with Crippen LogP contribution in [0.3, 0.4) is 0 Å². The molecule has 0 radical (unpaired) electrons. The van der Waals surface area contributed by atoms with Crippen molar-refractivity contribution in [3.05, 3.63) is 27.5 Å². The number of hydrogen-bond donors (Lipinski definition) is 0. The summed E-state index contributed by atoms with van der Waals surface area (Å²) >= 11 is 1.75. The predicted molar refractivity (Wildman–Crippen MR) is 74.8 cm³/mol. The fraction of sp³-hybridized carbons (Fsp3) is 0.500. The largest absolute Gasteiger partial charge is 0.444 e. The molecule has 0 bridgehead atoms. The summed E-state index contributed by atoms with van der Waals surface area (Å²) in [5.41, 5.74) is 2.13. The molecule has 18 heavy (non-hydrogen) atoms. The van der Waals surface area contributed by atoms with Gasteiger partial charge in [0.15, 0.2) is 0 Å². The molecule has 1 aromatic heterocycles. The topological polar surface area (TPSA) is 29.5 Å². The highest BCUT2D eigenvalue weighted by Gasteiger charge is 2.29. The summed E-state index contributed by atoms with van der Waals surface area (Å²) in [6.45, 7) is 9.14. The highest BCUT2D eigenvalue weighted by atomic mass is 32.1. The minimum Gasteiger partial charge on any atom is -0.444 e. The number of aryl methyl sites for hydroxylation is 1. The van der Waals surface area contributed by atoms with E-state index in [1.54, 1.807) is 16.2 Å². The molecule has 0 aliphatic carbocycles. The number of carbonyl (C=O) groups is 1. The third-order valence-corrected chi connectivity index (χ3v) is 3.56. The van der Waals surface area contributed by atoms with E-state index >= 15 is 0 Å². The minimum absolute atomic E-state index is 0.221. The van der Waals surface area contributed by atoms with Crippen molar-refractivity contribution in [2.45, 2.75) is 33.3 Å². The zero-order chi connectivity index (χ0) is 13.3. The van der Waals surface area contributed by atoms with Crippen LogP contribution in [0, 0.1) is 6.92 Å². The van der Waals surface area contributed by atoms with Gasteiger partial charge >= 0.3 is 6.09 Å². The maximum atomic E-state index is 11.7. The van der Waals surface area contributed by atoms with Crippen molar-refractivity contribution < 1.29 is 9.53 Å². The first-order valence-corrected chi connectivity index (χ1v) is 6.94. The van der Waals surface area contributed by atoms with Crippen molar-refractivity contribution in [3.8, 4) is 0 Å². The molecule has 2 heterocycles. The Morgan fingerprint density at radius 3 is 2.61 bits per heavy atom. The van der Waals surface area contributed by atoms with Crippen molar-refractivity contribution in [1.29, 1.82) is 0 Å². The van der Waals surface area contributed by atoms with E-state index in [2.05, 4.69) is 24.4 Å². The first-order valence-electron chi connectivity index (χ1n) is 6.06. The quantitative estimate of drug-likeness (QED) is 0.775. The Balaban J connectivity index is 1.89. The minimum atomic E-state index is -0.416. The van der Waals surface area contributed by atoms with Crippen LogP contribution in [0.25, 0.3) is 6.08 Å². The highest BCUT2D eigenvalue weighted by Crippen LogP contribution is 2.24. The summed E-state index contributed by atoms with van der Waals surface area (Å²) in [6.07, 6.45) is 1.95. The standard InChI is InChI=1S/C14H19NO2S/c1-10-12(5-6-18-10)7-11-8-15(9-11)13(16)17-14(2,3)4/h5-7H,8-9H2,1-4H3. The number of likely N-dealkylation sites (tertiary alicyclic amines) is 1. The number of nitrogens with zero attached hydrogens (tertiary/aromatic N) is 1. The summed E-state index contributed by atoms with van der Waals surface area (Å²) in [5.74, 6) is 0. The van der Waals surface area contributed by atoms with Gasteiger partial charge in [-0.2, -0.15) is 0 Å². The van der Waals surface area contributed by atoms with E-state index in [9.17, 15) is 4.79 Å². The number of ether oxygens (including phenoxy) is 1. The molecule has 3 nitrogen and oxygen atoms in total. The molecule has 1 aliphatic rings. The summed E-state index contributed by atoms with van der Waals surface area (Å²) < 4.78 is 5.31. The van der Waals surface area contributed by atoms with Gasteiger partial charge in [0, 0.05) is 18.0 Å². The Morgan fingerprint density at radius 2 is 2.11 bits per heavy atom. The molecule has 0 aromatic carbocycles. The molecule has 1 aromatic rings. The number of rotatable bonds is 1. The third-order valence-electron chi connectivity index (χ3n) is 2.70. The SMILES string of the molecule is Cc1sccc1C=C1CN(C(=O)OC(C)(C)C)C1. The summed E-state index contributed by atoms with van der Waals surface area (Å²) in [7, 11) is 0. The number of hydrogen-bond acceptors (Lipinski definition) is 3. The van der Waals surface area contributed by atoms with Crippen LogP contribution in [0.15, 0.2) is 17.0 Å². The maximum absolute atomic E-state index is 11.7. The van der Waals surface area contributed by atoms with Crippen LogP contribution in [-0.4, -0.2) is 29.7 Å². The van der Waals surface area contributed by atoms with Crippen LogP contribution in [0.4, 0.5) is 4.79 Å². The molecule has 1 fully saturated rings. The lowest BCUT2D eigenvalue weighted by atomic mass is 10.1. The van der Waals surface area contributed by atoms with Crippen LogP contribution in [0.5, 0.6) is 0 Å². The molecule has 0 saturated carbocycles. The van der Waals surface area contributed by atoms with E-state index in [1.807, 2.05) is 20.8 Å². The zero-order valence-electron chi connectivity index (χ0n) is 11.3. The molecule has 1 amide bonds. The van der Waals surface area contributed by atoms with Crippen LogP contribution < -0.4 is 0 Å². The smallest absolute Gasteiger partial charge is 0.410 e. The molecule has 0 N–H and O–H groups in total.